The molecule has 0 fully saturated rings. The maximum absolute atomic E-state index is 9.87. The second kappa shape index (κ2) is 6.19. The van der Waals surface area contributed by atoms with Crippen LogP contribution in [-0.2, 0) is 19.6 Å². The van der Waals surface area contributed by atoms with Crippen molar-refractivity contribution in [3.63, 3.8) is 0 Å². The van der Waals surface area contributed by atoms with E-state index in [-0.39, 0.29) is 13.2 Å². The van der Waals surface area contributed by atoms with Crippen molar-refractivity contribution in [1.29, 1.82) is 0 Å². The lowest BCUT2D eigenvalue weighted by molar-refractivity contribution is -0.287. The Morgan fingerprint density at radius 3 is 1.50 bits per heavy atom. The van der Waals surface area contributed by atoms with E-state index in [0.29, 0.717) is 0 Å². The molecular weight excluding hydrogens is 172 g/mol. The molecule has 0 unspecified atom stereocenters. The molecule has 0 atom stereocenters. The average Bonchev–Trinajstić information content (AvgIpc) is 1.95. The summed E-state index contributed by atoms with van der Waals surface area (Å²) in [6.45, 7) is -0.257. The van der Waals surface area contributed by atoms with Crippen LogP contribution >= 0.6 is 0 Å². The third-order valence-electron chi connectivity index (χ3n) is 0.532. The lowest BCUT2D eigenvalue weighted by Crippen LogP contribution is -2.18. The van der Waals surface area contributed by atoms with Gasteiger partial charge in [-0.1, -0.05) is 0 Å². The van der Waals surface area contributed by atoms with E-state index < -0.39 is 12.2 Å². The molecule has 12 heavy (non-hydrogen) atoms. The molecule has 0 saturated heterocycles. The second-order valence-corrected chi connectivity index (χ2v) is 1.45. The lowest BCUT2D eigenvalue weighted by atomic mass is 10.8. The molecule has 8 heteroatoms. The van der Waals surface area contributed by atoms with Crippen molar-refractivity contribution >= 4 is 12.2 Å². The van der Waals surface area contributed by atoms with Gasteiger partial charge in [-0.25, -0.2) is 9.59 Å². The van der Waals surface area contributed by atoms with Gasteiger partial charge in [0.2, 0.25) is 0 Å². The maximum atomic E-state index is 9.87. The molecule has 4 N–H and O–H groups in total. The summed E-state index contributed by atoms with van der Waals surface area (Å²) in [4.78, 5) is 35.7. The van der Waals surface area contributed by atoms with Crippen molar-refractivity contribution in [3.8, 4) is 0 Å². The van der Waals surface area contributed by atoms with E-state index in [2.05, 4.69) is 31.0 Å². The summed E-state index contributed by atoms with van der Waals surface area (Å²) in [6, 6.07) is 0. The number of nitrogens with two attached hydrogens (primary N) is 2. The average molecular weight is 180 g/mol. The first-order valence-electron chi connectivity index (χ1n) is 2.80. The molecule has 0 spiro atoms. The number of carbonyl (C=O) groups is 2. The third kappa shape index (κ3) is 8.46. The molecule has 2 amide bonds. The topological polar surface area (TPSA) is 123 Å². The van der Waals surface area contributed by atoms with Crippen LogP contribution in [0.15, 0.2) is 0 Å². The highest BCUT2D eigenvalue weighted by Crippen LogP contribution is 1.81. The van der Waals surface area contributed by atoms with Crippen molar-refractivity contribution in [2.24, 2.45) is 11.5 Å². The Kier molecular flexibility index (Phi) is 5.39. The highest BCUT2D eigenvalue weighted by atomic mass is 17.2. The van der Waals surface area contributed by atoms with Crippen molar-refractivity contribution in [1.82, 2.24) is 0 Å². The van der Waals surface area contributed by atoms with Gasteiger partial charge in [0.25, 0.3) is 0 Å². The zero-order valence-corrected chi connectivity index (χ0v) is 6.02. The minimum absolute atomic E-state index is 0.129. The minimum atomic E-state index is -1.08. The lowest BCUT2D eigenvalue weighted by Gasteiger charge is -2.00. The van der Waals surface area contributed by atoms with E-state index in [1.807, 2.05) is 0 Å². The van der Waals surface area contributed by atoms with E-state index in [1.54, 1.807) is 0 Å². The van der Waals surface area contributed by atoms with E-state index >= 15 is 0 Å². The van der Waals surface area contributed by atoms with Gasteiger partial charge >= 0.3 is 12.2 Å². The van der Waals surface area contributed by atoms with E-state index in [9.17, 15) is 9.59 Å². The first kappa shape index (κ1) is 10.5. The molecule has 0 aromatic rings. The molecular formula is C4H8N2O6. The van der Waals surface area contributed by atoms with Gasteiger partial charge in [-0.05, 0) is 0 Å². The quantitative estimate of drug-likeness (QED) is 0.319. The summed E-state index contributed by atoms with van der Waals surface area (Å²) in [5.74, 6) is 0. The Morgan fingerprint density at radius 1 is 0.917 bits per heavy atom. The zero-order chi connectivity index (χ0) is 9.40. The summed E-state index contributed by atoms with van der Waals surface area (Å²) in [7, 11) is 0. The van der Waals surface area contributed by atoms with E-state index in [0.717, 1.165) is 0 Å². The molecule has 0 rings (SSSR count). The van der Waals surface area contributed by atoms with Crippen LogP contribution in [0.3, 0.4) is 0 Å². The van der Waals surface area contributed by atoms with Crippen molar-refractivity contribution in [2.75, 3.05) is 13.2 Å². The van der Waals surface area contributed by atoms with Crippen LogP contribution in [0.1, 0.15) is 0 Å². The van der Waals surface area contributed by atoms with Gasteiger partial charge in [-0.3, -0.25) is 9.78 Å². The number of hydrogen-bond donors (Lipinski definition) is 2. The maximum Gasteiger partial charge on any atom is 0.436 e. The van der Waals surface area contributed by atoms with Gasteiger partial charge in [0, 0.05) is 0 Å². The normalized spacial score (nSPS) is 9.00. The first-order chi connectivity index (χ1) is 5.63. The molecule has 0 radical (unpaired) electrons. The minimum Gasteiger partial charge on any atom is -0.333 e. The summed E-state index contributed by atoms with van der Waals surface area (Å²) >= 11 is 0. The van der Waals surface area contributed by atoms with Crippen LogP contribution in [0.2, 0.25) is 0 Å². The number of carbonyl (C=O) groups excluding carboxylic acids is 2. The standard InChI is InChI=1S/C4H8N2O6/c5-3(7)11-9-1-2-10-12-4(6)8/h1-2H2,(H2,5,7)(H2,6,8). The van der Waals surface area contributed by atoms with Gasteiger partial charge in [-0.2, -0.15) is 9.78 Å². The van der Waals surface area contributed by atoms with Gasteiger partial charge < -0.3 is 11.5 Å². The van der Waals surface area contributed by atoms with Crippen molar-refractivity contribution in [3.05, 3.63) is 0 Å². The molecule has 0 heterocycles. The molecule has 0 aromatic carbocycles. The first-order valence-corrected chi connectivity index (χ1v) is 2.80. The summed E-state index contributed by atoms with van der Waals surface area (Å²) in [5, 5.41) is 0. The summed E-state index contributed by atoms with van der Waals surface area (Å²) < 4.78 is 0. The van der Waals surface area contributed by atoms with Crippen LogP contribution in [-0.4, -0.2) is 25.4 Å². The Hall–Kier alpha value is -1.54. The zero-order valence-electron chi connectivity index (χ0n) is 6.02. The fourth-order valence-corrected chi connectivity index (χ4v) is 0.268. The number of primary amides is 2. The number of rotatable bonds is 5. The van der Waals surface area contributed by atoms with Gasteiger partial charge in [0.05, 0.1) is 0 Å². The van der Waals surface area contributed by atoms with E-state index in [4.69, 9.17) is 0 Å². The predicted octanol–water partition coefficient (Wildman–Crippen LogP) is -0.960. The Balaban J connectivity index is 3.01. The number of amides is 2. The van der Waals surface area contributed by atoms with Gasteiger partial charge in [0.1, 0.15) is 13.2 Å². The molecule has 0 saturated carbocycles. The Bertz CT molecular complexity index is 142. The van der Waals surface area contributed by atoms with Crippen LogP contribution < -0.4 is 11.5 Å². The van der Waals surface area contributed by atoms with Crippen LogP contribution in [0.4, 0.5) is 9.59 Å². The highest BCUT2D eigenvalue weighted by molar-refractivity contribution is 5.63. The monoisotopic (exact) mass is 180 g/mol. The molecule has 0 aliphatic rings. The summed E-state index contributed by atoms with van der Waals surface area (Å²) in [5.41, 5.74) is 9.05. The van der Waals surface area contributed by atoms with Crippen LogP contribution in [0.25, 0.3) is 0 Å². The third-order valence-corrected chi connectivity index (χ3v) is 0.532. The second-order valence-electron chi connectivity index (χ2n) is 1.45. The predicted molar refractivity (Wildman–Crippen MR) is 33.2 cm³/mol. The molecule has 0 bridgehead atoms. The van der Waals surface area contributed by atoms with Gasteiger partial charge in [-0.15, -0.1) is 0 Å². The Labute approximate surface area is 67.1 Å². The van der Waals surface area contributed by atoms with Crippen LogP contribution in [0, 0.1) is 0 Å². The van der Waals surface area contributed by atoms with E-state index in [1.165, 1.54) is 0 Å². The Morgan fingerprint density at radius 2 is 1.25 bits per heavy atom. The molecule has 8 nitrogen and oxygen atoms in total. The smallest absolute Gasteiger partial charge is 0.333 e. The molecule has 70 valence electrons. The fourth-order valence-electron chi connectivity index (χ4n) is 0.268. The van der Waals surface area contributed by atoms with Crippen molar-refractivity contribution < 1.29 is 29.1 Å². The summed E-state index contributed by atoms with van der Waals surface area (Å²) in [6.07, 6.45) is -2.16. The van der Waals surface area contributed by atoms with Gasteiger partial charge in [0.15, 0.2) is 0 Å². The SMILES string of the molecule is NC(=O)OOCCOOC(N)=O. The fraction of sp³-hybridized carbons (Fsp3) is 0.500. The largest absolute Gasteiger partial charge is 0.436 e. The highest BCUT2D eigenvalue weighted by Gasteiger charge is 1.96. The van der Waals surface area contributed by atoms with Crippen LogP contribution in [0.5, 0.6) is 0 Å². The molecule has 0 aliphatic carbocycles. The molecule has 0 aromatic heterocycles. The van der Waals surface area contributed by atoms with Crippen molar-refractivity contribution in [2.45, 2.75) is 0 Å². The number of hydrogen-bond acceptors (Lipinski definition) is 6. The molecule has 0 aliphatic heterocycles.